The van der Waals surface area contributed by atoms with Crippen molar-refractivity contribution in [1.82, 2.24) is 15.1 Å². The Kier molecular flexibility index (Phi) is 6.71. The summed E-state index contributed by atoms with van der Waals surface area (Å²) in [4.78, 5) is 12.8. The van der Waals surface area contributed by atoms with Crippen molar-refractivity contribution < 1.29 is 13.2 Å². The number of hydrogen-bond acceptors (Lipinski definition) is 4. The van der Waals surface area contributed by atoms with Crippen molar-refractivity contribution in [3.05, 3.63) is 76.9 Å². The Bertz CT molecular complexity index is 1080. The first-order valence-electron chi connectivity index (χ1n) is 9.15. The molecule has 3 rings (SSSR count). The van der Waals surface area contributed by atoms with Gasteiger partial charge in [0.2, 0.25) is 0 Å². The second-order valence-electron chi connectivity index (χ2n) is 6.82. The van der Waals surface area contributed by atoms with Crippen molar-refractivity contribution in [3.63, 3.8) is 0 Å². The fraction of sp³-hybridized carbons (Fsp3) is 0.238. The maximum atomic E-state index is 12.8. The largest absolute Gasteiger partial charge is 0.352 e. The molecule has 0 radical (unpaired) electrons. The number of sulfone groups is 1. The van der Waals surface area contributed by atoms with Crippen LogP contribution in [-0.4, -0.2) is 42.7 Å². The first-order chi connectivity index (χ1) is 13.8. The highest BCUT2D eigenvalue weighted by Gasteiger charge is 2.18. The summed E-state index contributed by atoms with van der Waals surface area (Å²) in [5.41, 5.74) is 2.83. The van der Waals surface area contributed by atoms with E-state index in [1.807, 2.05) is 42.5 Å². The van der Waals surface area contributed by atoms with E-state index in [9.17, 15) is 13.2 Å². The molecule has 29 heavy (non-hydrogen) atoms. The number of nitrogens with zero attached hydrogens (tertiary/aromatic N) is 2. The molecule has 0 atom stereocenters. The molecule has 3 aromatic rings. The van der Waals surface area contributed by atoms with Gasteiger partial charge in [0.05, 0.1) is 17.9 Å². The van der Waals surface area contributed by atoms with Gasteiger partial charge in [-0.2, -0.15) is 5.10 Å². The van der Waals surface area contributed by atoms with Crippen LogP contribution in [-0.2, 0) is 16.4 Å². The third-order valence-corrected chi connectivity index (χ3v) is 5.57. The van der Waals surface area contributed by atoms with Gasteiger partial charge in [0.15, 0.2) is 0 Å². The zero-order valence-electron chi connectivity index (χ0n) is 16.0. The van der Waals surface area contributed by atoms with Gasteiger partial charge >= 0.3 is 0 Å². The zero-order valence-corrected chi connectivity index (χ0v) is 17.6. The normalized spacial score (nSPS) is 11.4. The molecule has 0 saturated carbocycles. The molecule has 0 spiro atoms. The minimum absolute atomic E-state index is 0.0323. The first-order valence-corrected chi connectivity index (χ1v) is 11.6. The number of halogens is 1. The third kappa shape index (κ3) is 6.17. The number of hydrogen-bond donors (Lipinski definition) is 1. The molecule has 1 N–H and O–H groups in total. The predicted octanol–water partition coefficient (Wildman–Crippen LogP) is 3.42. The first kappa shape index (κ1) is 21.1. The van der Waals surface area contributed by atoms with E-state index in [0.717, 1.165) is 11.1 Å². The maximum Gasteiger partial charge on any atom is 0.255 e. The SMILES string of the molecule is CS(=O)(=O)CCCNC(=O)c1cn(Cc2ccccc2)nc1-c1ccc(Cl)cc1. The van der Waals surface area contributed by atoms with Crippen LogP contribution < -0.4 is 5.32 Å². The Balaban J connectivity index is 1.83. The highest BCUT2D eigenvalue weighted by Crippen LogP contribution is 2.24. The molecular formula is C21H22ClN3O3S. The molecular weight excluding hydrogens is 410 g/mol. The van der Waals surface area contributed by atoms with Crippen LogP contribution in [0.3, 0.4) is 0 Å². The lowest BCUT2D eigenvalue weighted by Crippen LogP contribution is -2.26. The number of nitrogens with one attached hydrogen (secondary N) is 1. The fourth-order valence-corrected chi connectivity index (χ4v) is 3.69. The summed E-state index contributed by atoms with van der Waals surface area (Å²) in [6.45, 7) is 0.804. The molecule has 0 aliphatic rings. The summed E-state index contributed by atoms with van der Waals surface area (Å²) >= 11 is 5.98. The van der Waals surface area contributed by atoms with Gasteiger partial charge in [-0.25, -0.2) is 8.42 Å². The number of rotatable bonds is 8. The average Bonchev–Trinajstić information content (AvgIpc) is 3.09. The van der Waals surface area contributed by atoms with Crippen molar-refractivity contribution in [2.75, 3.05) is 18.6 Å². The molecule has 0 aliphatic heterocycles. The lowest BCUT2D eigenvalue weighted by Gasteiger charge is -2.05. The van der Waals surface area contributed by atoms with Gasteiger partial charge in [-0.1, -0.05) is 54.1 Å². The summed E-state index contributed by atoms with van der Waals surface area (Å²) in [6, 6.07) is 17.0. The molecule has 1 heterocycles. The minimum Gasteiger partial charge on any atom is -0.352 e. The van der Waals surface area contributed by atoms with Gasteiger partial charge in [0.25, 0.3) is 5.91 Å². The van der Waals surface area contributed by atoms with E-state index in [-0.39, 0.29) is 18.2 Å². The summed E-state index contributed by atoms with van der Waals surface area (Å²) in [6.07, 6.45) is 3.25. The van der Waals surface area contributed by atoms with Crippen LogP contribution >= 0.6 is 11.6 Å². The summed E-state index contributed by atoms with van der Waals surface area (Å²) in [7, 11) is -3.05. The van der Waals surface area contributed by atoms with Crippen molar-refractivity contribution >= 4 is 27.3 Å². The molecule has 0 unspecified atom stereocenters. The third-order valence-electron chi connectivity index (χ3n) is 4.29. The molecule has 6 nitrogen and oxygen atoms in total. The Labute approximate surface area is 175 Å². The molecule has 8 heteroatoms. The van der Waals surface area contributed by atoms with Crippen molar-refractivity contribution in [1.29, 1.82) is 0 Å². The molecule has 2 aromatic carbocycles. The predicted molar refractivity (Wildman–Crippen MR) is 115 cm³/mol. The van der Waals surface area contributed by atoms with Crippen LogP contribution in [0.15, 0.2) is 60.8 Å². The van der Waals surface area contributed by atoms with Crippen LogP contribution in [0.5, 0.6) is 0 Å². The van der Waals surface area contributed by atoms with Crippen LogP contribution in [0.1, 0.15) is 22.3 Å². The Morgan fingerprint density at radius 2 is 1.79 bits per heavy atom. The van der Waals surface area contributed by atoms with Crippen LogP contribution in [0.25, 0.3) is 11.3 Å². The smallest absolute Gasteiger partial charge is 0.255 e. The van der Waals surface area contributed by atoms with E-state index in [0.29, 0.717) is 29.2 Å². The van der Waals surface area contributed by atoms with Gasteiger partial charge in [0.1, 0.15) is 15.5 Å². The standard InChI is InChI=1S/C21H22ClN3O3S/c1-29(27,28)13-5-12-23-21(26)19-15-25(14-16-6-3-2-4-7-16)24-20(19)17-8-10-18(22)11-9-17/h2-4,6-11,15H,5,12-14H2,1H3,(H,23,26). The molecule has 152 valence electrons. The topological polar surface area (TPSA) is 81.1 Å². The van der Waals surface area contributed by atoms with Gasteiger partial charge in [-0.3, -0.25) is 9.48 Å². The van der Waals surface area contributed by atoms with Crippen LogP contribution in [0.4, 0.5) is 0 Å². The summed E-state index contributed by atoms with van der Waals surface area (Å²) in [5, 5.41) is 8.00. The van der Waals surface area contributed by atoms with E-state index in [1.165, 1.54) is 6.26 Å². The number of carbonyl (C=O) groups excluding carboxylic acids is 1. The summed E-state index contributed by atoms with van der Waals surface area (Å²) < 4.78 is 24.2. The van der Waals surface area contributed by atoms with E-state index in [2.05, 4.69) is 10.4 Å². The molecule has 1 amide bonds. The van der Waals surface area contributed by atoms with E-state index >= 15 is 0 Å². The van der Waals surface area contributed by atoms with Crippen molar-refractivity contribution in [3.8, 4) is 11.3 Å². The molecule has 0 aliphatic carbocycles. The van der Waals surface area contributed by atoms with Gasteiger partial charge < -0.3 is 5.32 Å². The Morgan fingerprint density at radius 3 is 2.45 bits per heavy atom. The number of benzene rings is 2. The highest BCUT2D eigenvalue weighted by molar-refractivity contribution is 7.90. The van der Waals surface area contributed by atoms with Crippen LogP contribution in [0.2, 0.25) is 5.02 Å². The number of aromatic nitrogens is 2. The van der Waals surface area contributed by atoms with E-state index < -0.39 is 9.84 Å². The number of amides is 1. The molecule has 0 fully saturated rings. The van der Waals surface area contributed by atoms with Crippen LogP contribution in [0, 0.1) is 0 Å². The minimum atomic E-state index is -3.05. The van der Waals surface area contributed by atoms with Gasteiger partial charge in [-0.15, -0.1) is 0 Å². The number of carbonyl (C=O) groups is 1. The molecule has 1 aromatic heterocycles. The second-order valence-corrected chi connectivity index (χ2v) is 9.52. The van der Waals surface area contributed by atoms with Crippen molar-refractivity contribution in [2.24, 2.45) is 0 Å². The molecule has 0 bridgehead atoms. The summed E-state index contributed by atoms with van der Waals surface area (Å²) in [5.74, 6) is -0.257. The maximum absolute atomic E-state index is 12.8. The fourth-order valence-electron chi connectivity index (χ4n) is 2.89. The van der Waals surface area contributed by atoms with Gasteiger partial charge in [0, 0.05) is 29.6 Å². The lowest BCUT2D eigenvalue weighted by molar-refractivity contribution is 0.0954. The second kappa shape index (κ2) is 9.24. The highest BCUT2D eigenvalue weighted by atomic mass is 35.5. The molecule has 0 saturated heterocycles. The monoisotopic (exact) mass is 431 g/mol. The van der Waals surface area contributed by atoms with Crippen molar-refractivity contribution in [2.45, 2.75) is 13.0 Å². The zero-order chi connectivity index (χ0) is 20.9. The Morgan fingerprint density at radius 1 is 1.10 bits per heavy atom. The lowest BCUT2D eigenvalue weighted by atomic mass is 10.1. The van der Waals surface area contributed by atoms with E-state index in [1.54, 1.807) is 23.0 Å². The quantitative estimate of drug-likeness (QED) is 0.554. The average molecular weight is 432 g/mol. The Hall–Kier alpha value is -2.64. The van der Waals surface area contributed by atoms with Gasteiger partial charge in [-0.05, 0) is 24.1 Å². The van der Waals surface area contributed by atoms with E-state index in [4.69, 9.17) is 11.6 Å².